The number of hydrogen-bond acceptors (Lipinski definition) is 2. The summed E-state index contributed by atoms with van der Waals surface area (Å²) in [7, 11) is 0. The van der Waals surface area contributed by atoms with E-state index in [1.165, 1.54) is 0 Å². The molecule has 0 aliphatic rings. The van der Waals surface area contributed by atoms with Crippen molar-refractivity contribution in [2.24, 2.45) is 0 Å². The summed E-state index contributed by atoms with van der Waals surface area (Å²) in [5.41, 5.74) is 0.924. The van der Waals surface area contributed by atoms with E-state index in [-0.39, 0.29) is 5.75 Å². The van der Waals surface area contributed by atoms with Crippen molar-refractivity contribution < 1.29 is 5.11 Å². The Bertz CT molecular complexity index is 358. The average molecular weight is 165 g/mol. The lowest BCUT2D eigenvalue weighted by Gasteiger charge is -1.90. The number of hydrogen-bond donors (Lipinski definition) is 2. The van der Waals surface area contributed by atoms with Gasteiger partial charge in [0.25, 0.3) is 0 Å². The van der Waals surface area contributed by atoms with Crippen LogP contribution >= 0.6 is 12.8 Å². The van der Waals surface area contributed by atoms with Crippen LogP contribution in [0.15, 0.2) is 30.5 Å². The van der Waals surface area contributed by atoms with Crippen LogP contribution in [0.2, 0.25) is 0 Å². The van der Waals surface area contributed by atoms with Crippen molar-refractivity contribution in [3.05, 3.63) is 30.5 Å². The van der Waals surface area contributed by atoms with E-state index < -0.39 is 0 Å². The largest absolute Gasteiger partial charge is 0.506 e. The zero-order chi connectivity index (χ0) is 7.84. The molecule has 0 radical (unpaired) electrons. The minimum Gasteiger partial charge on any atom is -0.506 e. The van der Waals surface area contributed by atoms with Crippen LogP contribution < -0.4 is 0 Å². The standard InChI is InChI=1S/C8H7NOS/c10-8-5-9(11)7-4-2-1-3-6(7)8/h1-5,10-11H. The van der Waals surface area contributed by atoms with E-state index in [0.29, 0.717) is 0 Å². The van der Waals surface area contributed by atoms with Crippen LogP contribution in [0, 0.1) is 0 Å². The van der Waals surface area contributed by atoms with Crippen LogP contribution in [-0.4, -0.2) is 9.08 Å². The molecular weight excluding hydrogens is 158 g/mol. The molecule has 1 heterocycles. The number of aromatic nitrogens is 1. The highest BCUT2D eigenvalue weighted by Gasteiger charge is 2.02. The molecule has 3 heteroatoms. The van der Waals surface area contributed by atoms with Crippen molar-refractivity contribution in [3.63, 3.8) is 0 Å². The predicted octanol–water partition coefficient (Wildman–Crippen LogP) is 2.04. The second kappa shape index (κ2) is 2.20. The Balaban J connectivity index is 2.95. The Labute approximate surface area is 69.6 Å². The topological polar surface area (TPSA) is 25.2 Å². The Morgan fingerprint density at radius 1 is 1.27 bits per heavy atom. The fraction of sp³-hybridized carbons (Fsp3) is 0. The molecule has 0 fully saturated rings. The molecule has 0 aliphatic carbocycles. The molecule has 1 aromatic heterocycles. The highest BCUT2D eigenvalue weighted by Crippen LogP contribution is 2.26. The van der Waals surface area contributed by atoms with Gasteiger partial charge in [-0.05, 0) is 12.1 Å². The summed E-state index contributed by atoms with van der Waals surface area (Å²) in [6.07, 6.45) is 1.58. The van der Waals surface area contributed by atoms with Gasteiger partial charge in [0.05, 0.1) is 11.7 Å². The Morgan fingerprint density at radius 2 is 2.00 bits per heavy atom. The maximum Gasteiger partial charge on any atom is 0.142 e. The molecule has 1 aromatic carbocycles. The molecule has 0 atom stereocenters. The van der Waals surface area contributed by atoms with E-state index in [1.807, 2.05) is 24.3 Å². The molecule has 0 aliphatic heterocycles. The highest BCUT2D eigenvalue weighted by atomic mass is 32.1. The van der Waals surface area contributed by atoms with Crippen LogP contribution in [0.4, 0.5) is 0 Å². The number of nitrogens with zero attached hydrogens (tertiary/aromatic N) is 1. The zero-order valence-corrected chi connectivity index (χ0v) is 6.62. The van der Waals surface area contributed by atoms with E-state index in [4.69, 9.17) is 0 Å². The molecule has 2 aromatic rings. The second-order valence-electron chi connectivity index (χ2n) is 2.38. The molecule has 1 N–H and O–H groups in total. The van der Waals surface area contributed by atoms with Gasteiger partial charge in [0, 0.05) is 5.39 Å². The monoisotopic (exact) mass is 165 g/mol. The summed E-state index contributed by atoms with van der Waals surface area (Å²) >= 11 is 4.13. The Hall–Kier alpha value is -1.09. The lowest BCUT2D eigenvalue weighted by molar-refractivity contribution is 0.481. The van der Waals surface area contributed by atoms with Gasteiger partial charge in [0.2, 0.25) is 0 Å². The summed E-state index contributed by atoms with van der Waals surface area (Å²) in [6, 6.07) is 7.56. The van der Waals surface area contributed by atoms with Crippen molar-refractivity contribution in [3.8, 4) is 5.75 Å². The van der Waals surface area contributed by atoms with Crippen LogP contribution in [-0.2, 0) is 0 Å². The van der Waals surface area contributed by atoms with Gasteiger partial charge in [-0.15, -0.1) is 0 Å². The van der Waals surface area contributed by atoms with Crippen molar-refractivity contribution >= 4 is 23.7 Å². The van der Waals surface area contributed by atoms with Crippen molar-refractivity contribution in [1.82, 2.24) is 3.97 Å². The molecule has 0 saturated heterocycles. The number of rotatable bonds is 0. The molecule has 0 unspecified atom stereocenters. The van der Waals surface area contributed by atoms with Crippen LogP contribution in [0.5, 0.6) is 5.75 Å². The molecular formula is C8H7NOS. The third kappa shape index (κ3) is 0.886. The van der Waals surface area contributed by atoms with E-state index in [1.54, 1.807) is 10.2 Å². The van der Waals surface area contributed by atoms with Gasteiger partial charge < -0.3 is 5.11 Å². The fourth-order valence-electron chi connectivity index (χ4n) is 1.14. The first kappa shape index (κ1) is 6.61. The molecule has 0 spiro atoms. The maximum atomic E-state index is 9.32. The third-order valence-corrected chi connectivity index (χ3v) is 2.00. The molecule has 2 nitrogen and oxygen atoms in total. The summed E-state index contributed by atoms with van der Waals surface area (Å²) < 4.78 is 1.60. The van der Waals surface area contributed by atoms with Gasteiger partial charge in [-0.25, -0.2) is 0 Å². The smallest absolute Gasteiger partial charge is 0.142 e. The van der Waals surface area contributed by atoms with Crippen LogP contribution in [0.1, 0.15) is 0 Å². The third-order valence-electron chi connectivity index (χ3n) is 1.67. The molecule has 0 bridgehead atoms. The number of para-hydroxylation sites is 1. The van der Waals surface area contributed by atoms with E-state index in [9.17, 15) is 5.11 Å². The minimum atomic E-state index is 0.274. The van der Waals surface area contributed by atoms with Gasteiger partial charge in [-0.1, -0.05) is 24.9 Å². The predicted molar refractivity (Wildman–Crippen MR) is 48.0 cm³/mol. The normalized spacial score (nSPS) is 10.6. The van der Waals surface area contributed by atoms with Crippen molar-refractivity contribution in [2.45, 2.75) is 0 Å². The lowest BCUT2D eigenvalue weighted by Crippen LogP contribution is -1.73. The number of aromatic hydroxyl groups is 1. The summed E-state index contributed by atoms with van der Waals surface area (Å²) in [4.78, 5) is 0. The van der Waals surface area contributed by atoms with Gasteiger partial charge in [-0.2, -0.15) is 0 Å². The molecule has 0 amide bonds. The van der Waals surface area contributed by atoms with E-state index >= 15 is 0 Å². The first-order valence-corrected chi connectivity index (χ1v) is 3.67. The molecule has 11 heavy (non-hydrogen) atoms. The minimum absolute atomic E-state index is 0.274. The van der Waals surface area contributed by atoms with E-state index in [0.717, 1.165) is 10.9 Å². The van der Waals surface area contributed by atoms with Gasteiger partial charge in [-0.3, -0.25) is 3.97 Å². The van der Waals surface area contributed by atoms with Crippen LogP contribution in [0.25, 0.3) is 10.9 Å². The van der Waals surface area contributed by atoms with Crippen molar-refractivity contribution in [2.75, 3.05) is 0 Å². The Kier molecular flexibility index (Phi) is 1.32. The lowest BCUT2D eigenvalue weighted by atomic mass is 10.2. The summed E-state index contributed by atoms with van der Waals surface area (Å²) in [5, 5.41) is 10.2. The first-order chi connectivity index (χ1) is 5.29. The summed E-state index contributed by atoms with van der Waals surface area (Å²) in [6.45, 7) is 0. The van der Waals surface area contributed by atoms with Gasteiger partial charge in [0.1, 0.15) is 5.75 Å². The summed E-state index contributed by atoms with van der Waals surface area (Å²) in [5.74, 6) is 0.274. The zero-order valence-electron chi connectivity index (χ0n) is 5.73. The number of fused-ring (bicyclic) bond motifs is 1. The van der Waals surface area contributed by atoms with E-state index in [2.05, 4.69) is 12.8 Å². The second-order valence-corrected chi connectivity index (χ2v) is 2.81. The SMILES string of the molecule is Oc1cn(S)c2ccccc12. The molecule has 56 valence electrons. The Morgan fingerprint density at radius 3 is 2.73 bits per heavy atom. The number of thiol groups is 1. The first-order valence-electron chi connectivity index (χ1n) is 3.27. The maximum absolute atomic E-state index is 9.32. The quantitative estimate of drug-likeness (QED) is 0.574. The van der Waals surface area contributed by atoms with Gasteiger partial charge in [0.15, 0.2) is 0 Å². The van der Waals surface area contributed by atoms with Gasteiger partial charge >= 0.3 is 0 Å². The average Bonchev–Trinajstić information content (AvgIpc) is 2.30. The molecule has 2 rings (SSSR count). The molecule has 0 saturated carbocycles. The van der Waals surface area contributed by atoms with Crippen LogP contribution in [0.3, 0.4) is 0 Å². The highest BCUT2D eigenvalue weighted by molar-refractivity contribution is 7.78. The number of benzene rings is 1. The fourth-order valence-corrected chi connectivity index (χ4v) is 1.43. The van der Waals surface area contributed by atoms with Crippen molar-refractivity contribution in [1.29, 1.82) is 0 Å².